The van der Waals surface area contributed by atoms with Gasteiger partial charge in [0.25, 0.3) is 15.9 Å². The van der Waals surface area contributed by atoms with Crippen molar-refractivity contribution in [2.24, 2.45) is 5.10 Å². The number of carbonyl (C=O) groups excluding carboxylic acids is 1. The number of methoxy groups -OCH3 is 2. The van der Waals surface area contributed by atoms with Crippen LogP contribution in [0.4, 0.5) is 5.69 Å². The molecule has 34 heavy (non-hydrogen) atoms. The number of amides is 1. The minimum atomic E-state index is -4.04. The van der Waals surface area contributed by atoms with Gasteiger partial charge in [-0.3, -0.25) is 9.10 Å². The number of nitrogens with one attached hydrogen (secondary N) is 1. The first kappa shape index (κ1) is 25.3. The first-order chi connectivity index (χ1) is 16.2. The van der Waals surface area contributed by atoms with Crippen LogP contribution in [0.1, 0.15) is 11.1 Å². The Hall–Kier alpha value is -3.37. The Bertz CT molecular complexity index is 1280. The molecule has 3 rings (SSSR count). The SMILES string of the molecule is COc1ccc(S(=O)(=O)N(CC(=O)N/N=C\c2cc(Br)ccc2OC)c2ccc(C)cc2)cc1. The van der Waals surface area contributed by atoms with Crippen LogP contribution in [0.15, 0.2) is 81.2 Å². The van der Waals surface area contributed by atoms with Gasteiger partial charge in [0.15, 0.2) is 0 Å². The van der Waals surface area contributed by atoms with Crippen LogP contribution in [0.5, 0.6) is 11.5 Å². The molecule has 0 saturated heterocycles. The summed E-state index contributed by atoms with van der Waals surface area (Å²) in [5.74, 6) is 0.489. The van der Waals surface area contributed by atoms with E-state index >= 15 is 0 Å². The number of benzene rings is 3. The molecule has 0 heterocycles. The molecule has 0 radical (unpaired) electrons. The lowest BCUT2D eigenvalue weighted by molar-refractivity contribution is -0.119. The number of aryl methyl sites for hydroxylation is 1. The second kappa shape index (κ2) is 11.2. The minimum absolute atomic E-state index is 0.0315. The summed E-state index contributed by atoms with van der Waals surface area (Å²) in [5.41, 5.74) is 4.34. The molecule has 0 saturated carbocycles. The predicted octanol–water partition coefficient (Wildman–Crippen LogP) is 4.12. The number of rotatable bonds is 9. The van der Waals surface area contributed by atoms with Gasteiger partial charge in [-0.05, 0) is 61.5 Å². The zero-order valence-electron chi connectivity index (χ0n) is 18.9. The zero-order chi connectivity index (χ0) is 24.7. The molecule has 1 amide bonds. The van der Waals surface area contributed by atoms with Gasteiger partial charge in [0.05, 0.1) is 31.0 Å². The Morgan fingerprint density at radius 3 is 2.32 bits per heavy atom. The second-order valence-corrected chi connectivity index (χ2v) is 9.98. The van der Waals surface area contributed by atoms with Crippen LogP contribution < -0.4 is 19.2 Å². The molecular weight excluding hydrogens is 522 g/mol. The van der Waals surface area contributed by atoms with E-state index in [4.69, 9.17) is 9.47 Å². The number of carbonyl (C=O) groups is 1. The maximum atomic E-state index is 13.4. The number of hydrazone groups is 1. The van der Waals surface area contributed by atoms with Crippen molar-refractivity contribution < 1.29 is 22.7 Å². The Labute approximate surface area is 207 Å². The number of halogens is 1. The molecule has 178 valence electrons. The van der Waals surface area contributed by atoms with Gasteiger partial charge < -0.3 is 9.47 Å². The van der Waals surface area contributed by atoms with Gasteiger partial charge in [0, 0.05) is 10.0 Å². The van der Waals surface area contributed by atoms with E-state index in [0.717, 1.165) is 14.3 Å². The molecule has 0 bridgehead atoms. The number of nitrogens with zero attached hydrogens (tertiary/aromatic N) is 2. The molecule has 0 spiro atoms. The van der Waals surface area contributed by atoms with Crippen molar-refractivity contribution in [3.63, 3.8) is 0 Å². The van der Waals surface area contributed by atoms with Gasteiger partial charge in [-0.15, -0.1) is 0 Å². The van der Waals surface area contributed by atoms with Crippen molar-refractivity contribution in [1.29, 1.82) is 0 Å². The van der Waals surface area contributed by atoms with Crippen molar-refractivity contribution >= 4 is 43.8 Å². The molecule has 0 aromatic heterocycles. The number of sulfonamides is 1. The van der Waals surface area contributed by atoms with E-state index in [1.165, 1.54) is 32.6 Å². The van der Waals surface area contributed by atoms with Crippen LogP contribution in [0, 0.1) is 6.92 Å². The van der Waals surface area contributed by atoms with Crippen molar-refractivity contribution in [3.8, 4) is 11.5 Å². The van der Waals surface area contributed by atoms with Crippen molar-refractivity contribution in [2.75, 3.05) is 25.1 Å². The summed E-state index contributed by atoms with van der Waals surface area (Å²) in [6.45, 7) is 1.42. The molecule has 3 aromatic rings. The third-order valence-corrected chi connectivity index (χ3v) is 7.12. The Morgan fingerprint density at radius 2 is 1.71 bits per heavy atom. The molecule has 3 aromatic carbocycles. The molecule has 10 heteroatoms. The summed E-state index contributed by atoms with van der Waals surface area (Å²) in [5, 5.41) is 3.97. The highest BCUT2D eigenvalue weighted by Gasteiger charge is 2.27. The molecular formula is C24H24BrN3O5S. The van der Waals surface area contributed by atoms with Crippen LogP contribution >= 0.6 is 15.9 Å². The van der Waals surface area contributed by atoms with Gasteiger partial charge in [-0.1, -0.05) is 33.6 Å². The van der Waals surface area contributed by atoms with Gasteiger partial charge in [0.2, 0.25) is 0 Å². The molecule has 0 aliphatic heterocycles. The standard InChI is InChI=1S/C24H24BrN3O5S/c1-17-4-7-20(8-5-17)28(34(30,31)22-11-9-21(32-2)10-12-22)16-24(29)27-26-15-18-14-19(25)6-13-23(18)33-3/h4-15H,16H2,1-3H3,(H,27,29)/b26-15-. The van der Waals surface area contributed by atoms with Crippen LogP contribution in [-0.4, -0.2) is 41.3 Å². The topological polar surface area (TPSA) is 97.3 Å². The molecule has 0 atom stereocenters. The van der Waals surface area contributed by atoms with E-state index < -0.39 is 22.5 Å². The lowest BCUT2D eigenvalue weighted by Crippen LogP contribution is -2.39. The van der Waals surface area contributed by atoms with Crippen LogP contribution in [0.3, 0.4) is 0 Å². The van der Waals surface area contributed by atoms with Gasteiger partial charge in [-0.2, -0.15) is 5.10 Å². The predicted molar refractivity (Wildman–Crippen MR) is 135 cm³/mol. The van der Waals surface area contributed by atoms with Crippen LogP contribution in [-0.2, 0) is 14.8 Å². The highest BCUT2D eigenvalue weighted by molar-refractivity contribution is 9.10. The first-order valence-corrected chi connectivity index (χ1v) is 12.4. The summed E-state index contributed by atoms with van der Waals surface area (Å²) in [6, 6.07) is 18.2. The maximum absolute atomic E-state index is 13.4. The number of hydrogen-bond acceptors (Lipinski definition) is 6. The van der Waals surface area contributed by atoms with Gasteiger partial charge in [-0.25, -0.2) is 13.8 Å². The average molecular weight is 546 g/mol. The molecule has 1 N–H and O–H groups in total. The third-order valence-electron chi connectivity index (χ3n) is 4.84. The minimum Gasteiger partial charge on any atom is -0.497 e. The highest BCUT2D eigenvalue weighted by Crippen LogP contribution is 2.25. The van der Waals surface area contributed by atoms with Crippen LogP contribution in [0.25, 0.3) is 0 Å². The summed E-state index contributed by atoms with van der Waals surface area (Å²) in [6.07, 6.45) is 1.43. The quantitative estimate of drug-likeness (QED) is 0.322. The normalized spacial score (nSPS) is 11.3. The largest absolute Gasteiger partial charge is 0.497 e. The zero-order valence-corrected chi connectivity index (χ0v) is 21.3. The molecule has 0 fully saturated rings. The fourth-order valence-electron chi connectivity index (χ4n) is 3.05. The van der Waals surface area contributed by atoms with E-state index in [1.54, 1.807) is 48.5 Å². The summed E-state index contributed by atoms with van der Waals surface area (Å²) >= 11 is 3.38. The number of anilines is 1. The molecule has 0 unspecified atom stereocenters. The lowest BCUT2D eigenvalue weighted by Gasteiger charge is -2.24. The van der Waals surface area contributed by atoms with E-state index in [-0.39, 0.29) is 4.90 Å². The van der Waals surface area contributed by atoms with Gasteiger partial charge >= 0.3 is 0 Å². The monoisotopic (exact) mass is 545 g/mol. The van der Waals surface area contributed by atoms with Crippen molar-refractivity contribution in [3.05, 3.63) is 82.3 Å². The van der Waals surface area contributed by atoms with Gasteiger partial charge in [0.1, 0.15) is 18.0 Å². The molecule has 8 nitrogen and oxygen atoms in total. The summed E-state index contributed by atoms with van der Waals surface area (Å²) in [7, 11) is -1.01. The fraction of sp³-hybridized carbons (Fsp3) is 0.167. The smallest absolute Gasteiger partial charge is 0.264 e. The van der Waals surface area contributed by atoms with Crippen LogP contribution in [0.2, 0.25) is 0 Å². The molecule has 0 aliphatic rings. The highest BCUT2D eigenvalue weighted by atomic mass is 79.9. The molecule has 0 aliphatic carbocycles. The van der Waals surface area contributed by atoms with E-state index in [9.17, 15) is 13.2 Å². The fourth-order valence-corrected chi connectivity index (χ4v) is 4.85. The summed E-state index contributed by atoms with van der Waals surface area (Å²) < 4.78 is 39.1. The Morgan fingerprint density at radius 1 is 1.03 bits per heavy atom. The lowest BCUT2D eigenvalue weighted by atomic mass is 10.2. The van der Waals surface area contributed by atoms with E-state index in [0.29, 0.717) is 22.7 Å². The van der Waals surface area contributed by atoms with Crippen molar-refractivity contribution in [2.45, 2.75) is 11.8 Å². The Kier molecular flexibility index (Phi) is 8.30. The van der Waals surface area contributed by atoms with E-state index in [1.807, 2.05) is 13.0 Å². The number of hydrogen-bond donors (Lipinski definition) is 1. The first-order valence-electron chi connectivity index (χ1n) is 10.1. The van der Waals surface area contributed by atoms with Crippen molar-refractivity contribution in [1.82, 2.24) is 5.43 Å². The summed E-state index contributed by atoms with van der Waals surface area (Å²) in [4.78, 5) is 12.7. The van der Waals surface area contributed by atoms with E-state index in [2.05, 4.69) is 26.5 Å². The Balaban J connectivity index is 1.85. The average Bonchev–Trinajstić information content (AvgIpc) is 2.83. The third kappa shape index (κ3) is 6.15. The number of ether oxygens (including phenoxy) is 2. The maximum Gasteiger partial charge on any atom is 0.264 e. The second-order valence-electron chi connectivity index (χ2n) is 7.20.